The summed E-state index contributed by atoms with van der Waals surface area (Å²) in [5.74, 6) is -1.37. The highest BCUT2D eigenvalue weighted by molar-refractivity contribution is 5.91. The van der Waals surface area contributed by atoms with Gasteiger partial charge < -0.3 is 4.74 Å². The Bertz CT molecular complexity index is 921. The molecule has 0 fully saturated rings. The quantitative estimate of drug-likeness (QED) is 0.330. The van der Waals surface area contributed by atoms with Crippen LogP contribution in [0.5, 0.6) is 5.75 Å². The fourth-order valence-electron chi connectivity index (χ4n) is 1.88. The van der Waals surface area contributed by atoms with Crippen LogP contribution in [-0.2, 0) is 0 Å². The van der Waals surface area contributed by atoms with E-state index >= 15 is 0 Å². The first kappa shape index (κ1) is 18.2. The van der Waals surface area contributed by atoms with Gasteiger partial charge in [-0.25, -0.2) is 4.79 Å². The van der Waals surface area contributed by atoms with Gasteiger partial charge in [0.2, 0.25) is 11.9 Å². The highest BCUT2D eigenvalue weighted by atomic mass is 16.6. The van der Waals surface area contributed by atoms with E-state index in [0.29, 0.717) is 11.6 Å². The topological polar surface area (TPSA) is 156 Å². The summed E-state index contributed by atoms with van der Waals surface area (Å²) >= 11 is 0. The highest BCUT2D eigenvalue weighted by Crippen LogP contribution is 2.31. The van der Waals surface area contributed by atoms with Crippen LogP contribution in [0, 0.1) is 30.3 Å². The summed E-state index contributed by atoms with van der Waals surface area (Å²) in [6.07, 6.45) is 1.95. The molecular formula is C15H9N3O8. The van der Waals surface area contributed by atoms with Gasteiger partial charge in [-0.3, -0.25) is 30.3 Å². The Kier molecular flexibility index (Phi) is 5.33. The molecule has 2 aromatic rings. The number of hydrogen-bond donors (Lipinski definition) is 0. The van der Waals surface area contributed by atoms with E-state index in [1.807, 2.05) is 0 Å². The highest BCUT2D eigenvalue weighted by Gasteiger charge is 2.23. The van der Waals surface area contributed by atoms with E-state index < -0.39 is 37.9 Å². The lowest BCUT2D eigenvalue weighted by molar-refractivity contribution is -0.400. The minimum atomic E-state index is -0.924. The van der Waals surface area contributed by atoms with Crippen LogP contribution in [0.25, 0.3) is 6.08 Å². The summed E-state index contributed by atoms with van der Waals surface area (Å²) in [5, 5.41) is 32.0. The molecule has 11 heteroatoms. The lowest BCUT2D eigenvalue weighted by atomic mass is 10.1. The molecule has 0 aliphatic carbocycles. The van der Waals surface area contributed by atoms with Crippen LogP contribution in [0.2, 0.25) is 0 Å². The lowest BCUT2D eigenvalue weighted by Crippen LogP contribution is -2.10. The van der Waals surface area contributed by atoms with Crippen LogP contribution in [0.3, 0.4) is 0 Å². The normalized spacial score (nSPS) is 10.5. The van der Waals surface area contributed by atoms with Gasteiger partial charge in [0.1, 0.15) is 0 Å². The summed E-state index contributed by atoms with van der Waals surface area (Å²) in [7, 11) is 0. The molecule has 0 heterocycles. The fraction of sp³-hybridized carbons (Fsp3) is 0. The van der Waals surface area contributed by atoms with Gasteiger partial charge in [-0.15, -0.1) is 0 Å². The van der Waals surface area contributed by atoms with Crippen LogP contribution < -0.4 is 4.74 Å². The maximum atomic E-state index is 12.1. The van der Waals surface area contributed by atoms with Gasteiger partial charge in [0.05, 0.1) is 26.4 Å². The molecule has 0 spiro atoms. The minimum absolute atomic E-state index is 0.0379. The summed E-state index contributed by atoms with van der Waals surface area (Å²) in [6.45, 7) is 0. The second kappa shape index (κ2) is 7.61. The summed E-state index contributed by atoms with van der Waals surface area (Å²) < 4.78 is 4.94. The number of carbonyl (C=O) groups is 1. The minimum Gasteiger partial charge on any atom is -0.416 e. The lowest BCUT2D eigenvalue weighted by Gasteiger charge is -2.05. The SMILES string of the molecule is O=C(Oc1ccc([N+](=O)[O-])cc1[N+](=O)[O-])c1ccc(/C=C/[N+](=O)[O-])cc1. The van der Waals surface area contributed by atoms with Crippen molar-refractivity contribution in [1.82, 2.24) is 0 Å². The van der Waals surface area contributed by atoms with Crippen LogP contribution in [0.1, 0.15) is 15.9 Å². The Balaban J connectivity index is 2.23. The molecule has 2 aromatic carbocycles. The second-order valence-corrected chi connectivity index (χ2v) is 4.78. The maximum absolute atomic E-state index is 12.1. The Hall–Kier alpha value is -4.15. The Morgan fingerprint density at radius 1 is 0.923 bits per heavy atom. The van der Waals surface area contributed by atoms with Crippen molar-refractivity contribution in [2.24, 2.45) is 0 Å². The van der Waals surface area contributed by atoms with E-state index in [1.165, 1.54) is 30.3 Å². The molecule has 0 N–H and O–H groups in total. The standard InChI is InChI=1S/C15H9N3O8/c19-15(11-3-1-10(2-4-11)7-8-16(20)21)26-14-6-5-12(17(22)23)9-13(14)18(24)25/h1-9H/b8-7+. The van der Waals surface area contributed by atoms with Gasteiger partial charge in [0.25, 0.3) is 5.69 Å². The largest absolute Gasteiger partial charge is 0.416 e. The molecule has 0 saturated heterocycles. The molecule has 0 aromatic heterocycles. The predicted molar refractivity (Wildman–Crippen MR) is 87.2 cm³/mol. The molecule has 0 aliphatic rings. The van der Waals surface area contributed by atoms with Gasteiger partial charge in [-0.2, -0.15) is 0 Å². The fourth-order valence-corrected chi connectivity index (χ4v) is 1.88. The van der Waals surface area contributed by atoms with E-state index in [9.17, 15) is 35.1 Å². The second-order valence-electron chi connectivity index (χ2n) is 4.78. The van der Waals surface area contributed by atoms with E-state index in [0.717, 1.165) is 18.3 Å². The number of benzene rings is 2. The molecule has 0 saturated carbocycles. The molecule has 132 valence electrons. The van der Waals surface area contributed by atoms with Crippen molar-refractivity contribution in [3.63, 3.8) is 0 Å². The molecule has 26 heavy (non-hydrogen) atoms. The first-order valence-corrected chi connectivity index (χ1v) is 6.84. The predicted octanol–water partition coefficient (Wildman–Crippen LogP) is 2.97. The molecule has 11 nitrogen and oxygen atoms in total. The first-order valence-electron chi connectivity index (χ1n) is 6.84. The Labute approximate surface area is 144 Å². The van der Waals surface area contributed by atoms with Crippen LogP contribution in [0.15, 0.2) is 48.7 Å². The zero-order chi connectivity index (χ0) is 19.3. The first-order chi connectivity index (χ1) is 12.3. The number of rotatable bonds is 6. The van der Waals surface area contributed by atoms with Crippen molar-refractivity contribution in [1.29, 1.82) is 0 Å². The van der Waals surface area contributed by atoms with Crippen molar-refractivity contribution in [3.8, 4) is 5.75 Å². The zero-order valence-electron chi connectivity index (χ0n) is 12.8. The van der Waals surface area contributed by atoms with Crippen LogP contribution in [-0.4, -0.2) is 20.7 Å². The smallest absolute Gasteiger partial charge is 0.343 e. The average molecular weight is 359 g/mol. The Morgan fingerprint density at radius 3 is 2.12 bits per heavy atom. The van der Waals surface area contributed by atoms with Crippen molar-refractivity contribution >= 4 is 23.4 Å². The van der Waals surface area contributed by atoms with E-state index in [4.69, 9.17) is 4.74 Å². The van der Waals surface area contributed by atoms with Crippen molar-refractivity contribution in [2.45, 2.75) is 0 Å². The number of carbonyl (C=O) groups excluding carboxylic acids is 1. The molecule has 0 aliphatic heterocycles. The summed E-state index contributed by atoms with van der Waals surface area (Å²) in [5.41, 5.74) is -0.744. The van der Waals surface area contributed by atoms with Gasteiger partial charge in [-0.05, 0) is 23.8 Å². The molecule has 0 atom stereocenters. The number of ether oxygens (including phenoxy) is 1. The number of non-ortho nitro benzene ring substituents is 1. The monoisotopic (exact) mass is 359 g/mol. The number of hydrogen-bond acceptors (Lipinski definition) is 8. The third kappa shape index (κ3) is 4.44. The molecular weight excluding hydrogens is 350 g/mol. The maximum Gasteiger partial charge on any atom is 0.343 e. The summed E-state index contributed by atoms with van der Waals surface area (Å²) in [6, 6.07) is 8.09. The molecule has 2 rings (SSSR count). The zero-order valence-corrected chi connectivity index (χ0v) is 12.8. The average Bonchev–Trinajstić information content (AvgIpc) is 2.60. The van der Waals surface area contributed by atoms with E-state index in [1.54, 1.807) is 0 Å². The van der Waals surface area contributed by atoms with Crippen LogP contribution in [0.4, 0.5) is 11.4 Å². The van der Waals surface area contributed by atoms with Gasteiger partial charge >= 0.3 is 11.7 Å². The van der Waals surface area contributed by atoms with Gasteiger partial charge in [0.15, 0.2) is 0 Å². The Morgan fingerprint density at radius 2 is 1.58 bits per heavy atom. The number of nitrogens with zero attached hydrogens (tertiary/aromatic N) is 3. The van der Waals surface area contributed by atoms with Gasteiger partial charge in [0, 0.05) is 12.1 Å². The van der Waals surface area contributed by atoms with E-state index in [-0.39, 0.29) is 5.56 Å². The van der Waals surface area contributed by atoms with Crippen LogP contribution >= 0.6 is 0 Å². The number of nitro groups is 3. The molecule has 0 unspecified atom stereocenters. The van der Waals surface area contributed by atoms with Crippen molar-refractivity contribution in [2.75, 3.05) is 0 Å². The third-order valence-corrected chi connectivity index (χ3v) is 3.09. The molecule has 0 amide bonds. The van der Waals surface area contributed by atoms with Crippen molar-refractivity contribution in [3.05, 3.63) is 90.1 Å². The third-order valence-electron chi connectivity index (χ3n) is 3.09. The van der Waals surface area contributed by atoms with Crippen molar-refractivity contribution < 1.29 is 24.3 Å². The van der Waals surface area contributed by atoms with Gasteiger partial charge in [-0.1, -0.05) is 12.1 Å². The molecule has 0 bridgehead atoms. The molecule has 0 radical (unpaired) electrons. The number of nitro benzene ring substituents is 2. The number of esters is 1. The summed E-state index contributed by atoms with van der Waals surface area (Å²) in [4.78, 5) is 41.7. The van der Waals surface area contributed by atoms with E-state index in [2.05, 4.69) is 0 Å².